The Morgan fingerprint density at radius 2 is 1.82 bits per heavy atom. The maximum atomic E-state index is 12.8. The molecule has 2 aromatic heterocycles. The van der Waals surface area contributed by atoms with E-state index in [9.17, 15) is 9.59 Å². The molecule has 4 aromatic rings. The topological polar surface area (TPSA) is 73.7 Å². The summed E-state index contributed by atoms with van der Waals surface area (Å²) in [7, 11) is 3.52. The zero-order valence-electron chi connectivity index (χ0n) is 19.5. The van der Waals surface area contributed by atoms with Crippen molar-refractivity contribution < 1.29 is 19.1 Å². The lowest BCUT2D eigenvalue weighted by Crippen LogP contribution is -2.30. The Morgan fingerprint density at radius 1 is 1.06 bits per heavy atom. The van der Waals surface area contributed by atoms with E-state index >= 15 is 0 Å². The number of benzene rings is 2. The monoisotopic (exact) mass is 455 g/mol. The Bertz CT molecular complexity index is 1430. The minimum Gasteiger partial charge on any atom is -0.479 e. The SMILES string of the molecule is COc1nccc2c(-c3cc(N4C(=O)CC(C)C4=O)c(C)cc3Oc3ccccc3)cn(C)c12. The largest absolute Gasteiger partial charge is 0.479 e. The van der Waals surface area contributed by atoms with Gasteiger partial charge in [0.25, 0.3) is 0 Å². The van der Waals surface area contributed by atoms with Crippen molar-refractivity contribution in [3.8, 4) is 28.5 Å². The Balaban J connectivity index is 1.75. The number of amides is 2. The fourth-order valence-electron chi connectivity index (χ4n) is 4.54. The van der Waals surface area contributed by atoms with Crippen LogP contribution >= 0.6 is 0 Å². The predicted octanol–water partition coefficient (Wildman–Crippen LogP) is 5.25. The summed E-state index contributed by atoms with van der Waals surface area (Å²) in [5, 5.41) is 0.925. The number of aromatic nitrogens is 2. The number of anilines is 1. The second-order valence-corrected chi connectivity index (χ2v) is 8.59. The van der Waals surface area contributed by atoms with Crippen LogP contribution < -0.4 is 14.4 Å². The first-order valence-corrected chi connectivity index (χ1v) is 11.1. The quantitative estimate of drug-likeness (QED) is 0.384. The number of fused-ring (bicyclic) bond motifs is 1. The fourth-order valence-corrected chi connectivity index (χ4v) is 4.54. The molecule has 0 bridgehead atoms. The lowest BCUT2D eigenvalue weighted by Gasteiger charge is -2.21. The van der Waals surface area contributed by atoms with Crippen molar-refractivity contribution in [1.82, 2.24) is 9.55 Å². The molecule has 0 saturated carbocycles. The molecule has 5 rings (SSSR count). The van der Waals surface area contributed by atoms with Crippen LogP contribution in [0.5, 0.6) is 17.4 Å². The van der Waals surface area contributed by atoms with E-state index in [1.165, 1.54) is 4.90 Å². The van der Waals surface area contributed by atoms with Gasteiger partial charge >= 0.3 is 0 Å². The van der Waals surface area contributed by atoms with E-state index in [-0.39, 0.29) is 24.2 Å². The molecule has 2 aromatic carbocycles. The van der Waals surface area contributed by atoms with Gasteiger partial charge in [0.1, 0.15) is 17.0 Å². The van der Waals surface area contributed by atoms with Crippen LogP contribution in [0.3, 0.4) is 0 Å². The number of carbonyl (C=O) groups is 2. The molecule has 1 unspecified atom stereocenters. The summed E-state index contributed by atoms with van der Waals surface area (Å²) in [6, 6.07) is 15.2. The number of para-hydroxylation sites is 1. The Kier molecular flexibility index (Phi) is 5.32. The highest BCUT2D eigenvalue weighted by Crippen LogP contribution is 2.44. The molecule has 1 atom stereocenters. The summed E-state index contributed by atoms with van der Waals surface area (Å²) in [5.41, 5.74) is 3.86. The van der Waals surface area contributed by atoms with Gasteiger partial charge in [-0.05, 0) is 42.8 Å². The van der Waals surface area contributed by atoms with Crippen LogP contribution in [0.2, 0.25) is 0 Å². The summed E-state index contributed by atoms with van der Waals surface area (Å²) in [5.74, 6) is 1.14. The Morgan fingerprint density at radius 3 is 2.50 bits per heavy atom. The molecule has 1 aliphatic heterocycles. The van der Waals surface area contributed by atoms with Crippen LogP contribution in [-0.4, -0.2) is 28.5 Å². The molecule has 1 aliphatic rings. The van der Waals surface area contributed by atoms with Crippen molar-refractivity contribution in [2.75, 3.05) is 12.0 Å². The lowest BCUT2D eigenvalue weighted by molar-refractivity contribution is -0.122. The minimum absolute atomic E-state index is 0.181. The van der Waals surface area contributed by atoms with Crippen LogP contribution in [0.15, 0.2) is 60.9 Å². The van der Waals surface area contributed by atoms with Gasteiger partial charge in [-0.3, -0.25) is 14.5 Å². The van der Waals surface area contributed by atoms with Crippen molar-refractivity contribution in [3.63, 3.8) is 0 Å². The summed E-state index contributed by atoms with van der Waals surface area (Å²) >= 11 is 0. The summed E-state index contributed by atoms with van der Waals surface area (Å²) < 4.78 is 13.7. The number of aryl methyl sites for hydroxylation is 2. The number of rotatable bonds is 5. The van der Waals surface area contributed by atoms with E-state index in [1.807, 2.05) is 73.3 Å². The first-order chi connectivity index (χ1) is 16.4. The molecule has 0 N–H and O–H groups in total. The van der Waals surface area contributed by atoms with E-state index in [1.54, 1.807) is 20.2 Å². The number of hydrogen-bond donors (Lipinski definition) is 0. The van der Waals surface area contributed by atoms with Gasteiger partial charge in [-0.25, -0.2) is 4.98 Å². The number of carbonyl (C=O) groups excluding carboxylic acids is 2. The number of methoxy groups -OCH3 is 1. The molecule has 34 heavy (non-hydrogen) atoms. The van der Waals surface area contributed by atoms with E-state index in [0.29, 0.717) is 23.1 Å². The van der Waals surface area contributed by atoms with Gasteiger partial charge in [-0.2, -0.15) is 0 Å². The maximum absolute atomic E-state index is 12.8. The molecular formula is C27H25N3O4. The third-order valence-corrected chi connectivity index (χ3v) is 6.22. The maximum Gasteiger partial charge on any atom is 0.238 e. The van der Waals surface area contributed by atoms with Crippen LogP contribution in [0.1, 0.15) is 18.9 Å². The van der Waals surface area contributed by atoms with E-state index in [0.717, 1.165) is 27.6 Å². The number of imide groups is 1. The Hall–Kier alpha value is -4.13. The molecule has 1 fully saturated rings. The van der Waals surface area contributed by atoms with Gasteiger partial charge in [-0.1, -0.05) is 25.1 Å². The number of nitrogens with zero attached hydrogens (tertiary/aromatic N) is 3. The summed E-state index contributed by atoms with van der Waals surface area (Å²) in [6.45, 7) is 3.67. The molecule has 1 saturated heterocycles. The highest BCUT2D eigenvalue weighted by atomic mass is 16.5. The number of hydrogen-bond acceptors (Lipinski definition) is 5. The van der Waals surface area contributed by atoms with Crippen LogP contribution in [-0.2, 0) is 16.6 Å². The molecule has 0 radical (unpaired) electrons. The number of ether oxygens (including phenoxy) is 2. The zero-order chi connectivity index (χ0) is 24.0. The highest BCUT2D eigenvalue weighted by Gasteiger charge is 2.38. The van der Waals surface area contributed by atoms with Gasteiger partial charge in [0, 0.05) is 48.3 Å². The average molecular weight is 456 g/mol. The van der Waals surface area contributed by atoms with Crippen LogP contribution in [0.4, 0.5) is 5.69 Å². The second kappa shape index (κ2) is 8.33. The molecular weight excluding hydrogens is 430 g/mol. The first-order valence-electron chi connectivity index (χ1n) is 11.1. The average Bonchev–Trinajstić information content (AvgIpc) is 3.30. The van der Waals surface area contributed by atoms with Crippen molar-refractivity contribution in [1.29, 1.82) is 0 Å². The van der Waals surface area contributed by atoms with Gasteiger partial charge in [0.05, 0.1) is 12.8 Å². The van der Waals surface area contributed by atoms with Crippen molar-refractivity contribution >= 4 is 28.4 Å². The standard InChI is InChI=1S/C27H25N3O4/c1-16-12-23(34-18-8-6-5-7-9-18)20(14-22(16)30-24(31)13-17(2)27(30)32)21-15-29(3)25-19(21)10-11-28-26(25)33-4/h5-12,14-15,17H,13H2,1-4H3. The van der Waals surface area contributed by atoms with Gasteiger partial charge in [-0.15, -0.1) is 0 Å². The summed E-state index contributed by atoms with van der Waals surface area (Å²) in [6.07, 6.45) is 3.90. The molecule has 2 amide bonds. The van der Waals surface area contributed by atoms with Gasteiger partial charge in [0.2, 0.25) is 17.7 Å². The summed E-state index contributed by atoms with van der Waals surface area (Å²) in [4.78, 5) is 31.2. The second-order valence-electron chi connectivity index (χ2n) is 8.59. The third kappa shape index (κ3) is 3.50. The molecule has 3 heterocycles. The molecule has 7 nitrogen and oxygen atoms in total. The smallest absolute Gasteiger partial charge is 0.238 e. The molecule has 172 valence electrons. The predicted molar refractivity (Wildman–Crippen MR) is 130 cm³/mol. The minimum atomic E-state index is -0.330. The van der Waals surface area contributed by atoms with Crippen molar-refractivity contribution in [3.05, 3.63) is 66.5 Å². The Labute approximate surface area is 197 Å². The van der Waals surface area contributed by atoms with Gasteiger partial charge < -0.3 is 14.0 Å². The molecule has 0 spiro atoms. The third-order valence-electron chi connectivity index (χ3n) is 6.22. The first kappa shape index (κ1) is 21.7. The van der Waals surface area contributed by atoms with Crippen LogP contribution in [0.25, 0.3) is 22.0 Å². The van der Waals surface area contributed by atoms with Crippen molar-refractivity contribution in [2.45, 2.75) is 20.3 Å². The van der Waals surface area contributed by atoms with E-state index in [2.05, 4.69) is 4.98 Å². The van der Waals surface area contributed by atoms with E-state index < -0.39 is 0 Å². The van der Waals surface area contributed by atoms with Crippen LogP contribution in [0, 0.1) is 12.8 Å². The molecule has 0 aliphatic carbocycles. The lowest BCUT2D eigenvalue weighted by atomic mass is 10.00. The fraction of sp³-hybridized carbons (Fsp3) is 0.222. The zero-order valence-corrected chi connectivity index (χ0v) is 19.5. The molecule has 7 heteroatoms. The van der Waals surface area contributed by atoms with Gasteiger partial charge in [0.15, 0.2) is 0 Å². The highest BCUT2D eigenvalue weighted by molar-refractivity contribution is 6.21. The van der Waals surface area contributed by atoms with Crippen molar-refractivity contribution in [2.24, 2.45) is 13.0 Å². The number of pyridine rings is 1. The van der Waals surface area contributed by atoms with E-state index in [4.69, 9.17) is 9.47 Å². The normalized spacial score (nSPS) is 15.9.